The smallest absolute Gasteiger partial charge is 0.0766 e. The minimum absolute atomic E-state index is 0.506. The van der Waals surface area contributed by atoms with Gasteiger partial charge in [-0.15, -0.1) is 0 Å². The molecule has 0 aromatic heterocycles. The molecule has 0 aliphatic rings. The Morgan fingerprint density at radius 1 is 0.842 bits per heavy atom. The fraction of sp³-hybridized carbons (Fsp3) is 1.00. The van der Waals surface area contributed by atoms with Crippen LogP contribution in [0.15, 0.2) is 0 Å². The van der Waals surface area contributed by atoms with Crippen molar-refractivity contribution >= 4 is 0 Å². The summed E-state index contributed by atoms with van der Waals surface area (Å²) in [4.78, 5) is 0. The number of rotatable bonds is 13. The van der Waals surface area contributed by atoms with Crippen LogP contribution < -0.4 is 5.32 Å². The van der Waals surface area contributed by atoms with E-state index in [-0.39, 0.29) is 0 Å². The van der Waals surface area contributed by atoms with Crippen LogP contribution in [0, 0.1) is 0 Å². The van der Waals surface area contributed by atoms with Crippen LogP contribution in [-0.2, 0) is 0 Å². The summed E-state index contributed by atoms with van der Waals surface area (Å²) in [5.74, 6) is 0. The third-order valence-corrected chi connectivity index (χ3v) is 4.35. The number of unbranched alkanes of at least 4 members (excludes halogenated alkanes) is 4. The summed E-state index contributed by atoms with van der Waals surface area (Å²) in [6.45, 7) is 9.42. The van der Waals surface area contributed by atoms with Gasteiger partial charge in [-0.1, -0.05) is 66.2 Å². The number of nitrogens with one attached hydrogen (secondary N) is 1. The zero-order valence-corrected chi connectivity index (χ0v) is 13.8. The van der Waals surface area contributed by atoms with Gasteiger partial charge < -0.3 is 10.4 Å². The number of hydrogen-bond acceptors (Lipinski definition) is 2. The Morgan fingerprint density at radius 2 is 1.32 bits per heavy atom. The van der Waals surface area contributed by atoms with E-state index in [1.165, 1.54) is 51.4 Å². The molecule has 0 atom stereocenters. The molecule has 0 spiro atoms. The summed E-state index contributed by atoms with van der Waals surface area (Å²) < 4.78 is 0. The van der Waals surface area contributed by atoms with Crippen LogP contribution in [0.2, 0.25) is 0 Å². The van der Waals surface area contributed by atoms with Gasteiger partial charge in [0.1, 0.15) is 0 Å². The van der Waals surface area contributed by atoms with Crippen molar-refractivity contribution in [1.82, 2.24) is 5.32 Å². The highest BCUT2D eigenvalue weighted by molar-refractivity contribution is 4.80. The van der Waals surface area contributed by atoms with Crippen molar-refractivity contribution in [2.45, 2.75) is 104 Å². The van der Waals surface area contributed by atoms with Crippen molar-refractivity contribution in [3.8, 4) is 0 Å². The van der Waals surface area contributed by atoms with Crippen molar-refractivity contribution in [3.05, 3.63) is 0 Å². The maximum atomic E-state index is 10.4. The summed E-state index contributed by atoms with van der Waals surface area (Å²) in [6.07, 6.45) is 12.1. The summed E-state index contributed by atoms with van der Waals surface area (Å²) >= 11 is 0. The first kappa shape index (κ1) is 18.9. The van der Waals surface area contributed by atoms with Crippen LogP contribution in [0.1, 0.15) is 91.9 Å². The lowest BCUT2D eigenvalue weighted by Gasteiger charge is -2.29. The monoisotopic (exact) mass is 271 g/mol. The van der Waals surface area contributed by atoms with Gasteiger partial charge in [-0.3, -0.25) is 0 Å². The Morgan fingerprint density at radius 3 is 1.68 bits per heavy atom. The van der Waals surface area contributed by atoms with Gasteiger partial charge in [0.15, 0.2) is 0 Å². The molecule has 2 heteroatoms. The topological polar surface area (TPSA) is 32.3 Å². The Bertz CT molecular complexity index is 180. The maximum absolute atomic E-state index is 10.4. The minimum atomic E-state index is -0.506. The lowest BCUT2D eigenvalue weighted by molar-refractivity contribution is 0.0291. The highest BCUT2D eigenvalue weighted by Gasteiger charge is 2.23. The fourth-order valence-corrected chi connectivity index (χ4v) is 2.46. The van der Waals surface area contributed by atoms with Gasteiger partial charge in [-0.2, -0.15) is 0 Å². The summed E-state index contributed by atoms with van der Waals surface area (Å²) in [5.41, 5.74) is -0.506. The molecule has 0 saturated carbocycles. The Labute approximate surface area is 121 Å². The van der Waals surface area contributed by atoms with Crippen LogP contribution in [0.5, 0.6) is 0 Å². The molecule has 0 rings (SSSR count). The van der Waals surface area contributed by atoms with E-state index in [9.17, 15) is 5.11 Å². The average Bonchev–Trinajstić information content (AvgIpc) is 2.44. The van der Waals surface area contributed by atoms with Crippen molar-refractivity contribution in [1.29, 1.82) is 0 Å². The first-order valence-electron chi connectivity index (χ1n) is 8.57. The molecule has 0 saturated heterocycles. The van der Waals surface area contributed by atoms with E-state index in [0.717, 1.165) is 19.4 Å². The summed E-state index contributed by atoms with van der Waals surface area (Å²) in [5, 5.41) is 14.0. The van der Waals surface area contributed by atoms with Gasteiger partial charge in [0.25, 0.3) is 0 Å². The molecule has 116 valence electrons. The molecule has 0 aliphatic carbocycles. The van der Waals surface area contributed by atoms with E-state index >= 15 is 0 Å². The third kappa shape index (κ3) is 9.45. The van der Waals surface area contributed by atoms with Crippen molar-refractivity contribution < 1.29 is 5.11 Å². The molecular formula is C17H37NO. The van der Waals surface area contributed by atoms with E-state index in [1.807, 2.05) is 0 Å². The van der Waals surface area contributed by atoms with Gasteiger partial charge in [0.2, 0.25) is 0 Å². The van der Waals surface area contributed by atoms with Gasteiger partial charge in [-0.05, 0) is 25.7 Å². The number of hydrogen-bond donors (Lipinski definition) is 2. The molecule has 0 fully saturated rings. The second-order valence-electron chi connectivity index (χ2n) is 6.00. The number of aliphatic hydroxyl groups is 1. The largest absolute Gasteiger partial charge is 0.389 e. The molecule has 0 aliphatic heterocycles. The summed E-state index contributed by atoms with van der Waals surface area (Å²) in [7, 11) is 0. The predicted octanol–water partition coefficient (Wildman–Crippen LogP) is 4.66. The van der Waals surface area contributed by atoms with E-state index in [4.69, 9.17) is 0 Å². The van der Waals surface area contributed by atoms with Gasteiger partial charge in [-0.25, -0.2) is 0 Å². The molecule has 0 amide bonds. The van der Waals surface area contributed by atoms with Gasteiger partial charge >= 0.3 is 0 Å². The molecule has 0 aromatic carbocycles. The standard InChI is InChI=1S/C17H37NO/c1-5-9-11-13-16(14-12-10-6-2)18-15-17(19,7-3)8-4/h16,18-19H,5-15H2,1-4H3. The van der Waals surface area contributed by atoms with E-state index in [1.54, 1.807) is 0 Å². The van der Waals surface area contributed by atoms with Crippen LogP contribution in [0.4, 0.5) is 0 Å². The molecule has 2 N–H and O–H groups in total. The average molecular weight is 271 g/mol. The van der Waals surface area contributed by atoms with Crippen LogP contribution in [0.25, 0.3) is 0 Å². The Hall–Kier alpha value is -0.0800. The van der Waals surface area contributed by atoms with E-state index < -0.39 is 5.60 Å². The van der Waals surface area contributed by atoms with Crippen LogP contribution in [0.3, 0.4) is 0 Å². The highest BCUT2D eigenvalue weighted by atomic mass is 16.3. The van der Waals surface area contributed by atoms with Crippen LogP contribution in [-0.4, -0.2) is 23.3 Å². The first-order valence-corrected chi connectivity index (χ1v) is 8.57. The third-order valence-electron chi connectivity index (χ3n) is 4.35. The van der Waals surface area contributed by atoms with Crippen molar-refractivity contribution in [2.24, 2.45) is 0 Å². The molecule has 0 unspecified atom stereocenters. The van der Waals surface area contributed by atoms with Crippen LogP contribution >= 0.6 is 0 Å². The predicted molar refractivity (Wildman–Crippen MR) is 85.6 cm³/mol. The quantitative estimate of drug-likeness (QED) is 0.478. The van der Waals surface area contributed by atoms with Crippen molar-refractivity contribution in [3.63, 3.8) is 0 Å². The van der Waals surface area contributed by atoms with E-state index in [2.05, 4.69) is 33.0 Å². The normalized spacial score (nSPS) is 12.3. The Balaban J connectivity index is 4.08. The van der Waals surface area contributed by atoms with E-state index in [0.29, 0.717) is 6.04 Å². The zero-order chi connectivity index (χ0) is 14.6. The molecule has 19 heavy (non-hydrogen) atoms. The second-order valence-corrected chi connectivity index (χ2v) is 6.00. The Kier molecular flexibility index (Phi) is 11.7. The molecule has 0 heterocycles. The molecular weight excluding hydrogens is 234 g/mol. The second kappa shape index (κ2) is 11.7. The van der Waals surface area contributed by atoms with Gasteiger partial charge in [0, 0.05) is 12.6 Å². The highest BCUT2D eigenvalue weighted by Crippen LogP contribution is 2.16. The lowest BCUT2D eigenvalue weighted by atomic mass is 9.95. The minimum Gasteiger partial charge on any atom is -0.389 e. The molecule has 2 nitrogen and oxygen atoms in total. The molecule has 0 radical (unpaired) electrons. The molecule has 0 aromatic rings. The SMILES string of the molecule is CCCCCC(CCCCC)NCC(O)(CC)CC. The first-order chi connectivity index (χ1) is 9.11. The lowest BCUT2D eigenvalue weighted by Crippen LogP contribution is -2.43. The van der Waals surface area contributed by atoms with Crippen molar-refractivity contribution in [2.75, 3.05) is 6.54 Å². The zero-order valence-electron chi connectivity index (χ0n) is 13.8. The summed E-state index contributed by atoms with van der Waals surface area (Å²) in [6, 6.07) is 0.600. The maximum Gasteiger partial charge on any atom is 0.0766 e. The fourth-order valence-electron chi connectivity index (χ4n) is 2.46. The molecule has 0 bridgehead atoms. The van der Waals surface area contributed by atoms with Gasteiger partial charge in [0.05, 0.1) is 5.60 Å².